The summed E-state index contributed by atoms with van der Waals surface area (Å²) in [7, 11) is 0. The second-order valence-electron chi connectivity index (χ2n) is 5.32. The van der Waals surface area contributed by atoms with Gasteiger partial charge < -0.3 is 10.4 Å². The Morgan fingerprint density at radius 2 is 1.96 bits per heavy atom. The van der Waals surface area contributed by atoms with Crippen molar-refractivity contribution in [3.8, 4) is 0 Å². The number of benzene rings is 2. The maximum absolute atomic E-state index is 13.1. The average Bonchev–Trinajstić information content (AvgIpc) is 3.03. The zero-order valence-electron chi connectivity index (χ0n) is 12.5. The minimum atomic E-state index is -1.07. The summed E-state index contributed by atoms with van der Waals surface area (Å²) in [6.45, 7) is 0. The van der Waals surface area contributed by atoms with Crippen LogP contribution in [0.1, 0.15) is 28.4 Å². The van der Waals surface area contributed by atoms with Gasteiger partial charge >= 0.3 is 5.97 Å². The van der Waals surface area contributed by atoms with E-state index in [2.05, 4.69) is 15.5 Å². The van der Waals surface area contributed by atoms with Gasteiger partial charge in [0.25, 0.3) is 5.91 Å². The Hall–Kier alpha value is -3.22. The van der Waals surface area contributed by atoms with Crippen LogP contribution in [0.4, 0.5) is 4.39 Å². The standard InChI is InChI=1S/C17H14FN3O3/c18-12-6-4-10(5-7-12)14(8-15(22)23)20-17(24)13-3-1-2-11-9-19-21-16(11)13/h1-7,9,14H,8H2,(H,19,21)(H,20,24)(H,22,23). The average molecular weight is 327 g/mol. The van der Waals surface area contributed by atoms with Gasteiger partial charge in [-0.3, -0.25) is 14.7 Å². The van der Waals surface area contributed by atoms with Crippen molar-refractivity contribution in [3.05, 3.63) is 65.6 Å². The minimum absolute atomic E-state index is 0.309. The highest BCUT2D eigenvalue weighted by molar-refractivity contribution is 6.05. The van der Waals surface area contributed by atoms with Crippen molar-refractivity contribution in [1.29, 1.82) is 0 Å². The van der Waals surface area contributed by atoms with Crippen LogP contribution in [0.25, 0.3) is 10.9 Å². The molecule has 1 amide bonds. The van der Waals surface area contributed by atoms with E-state index in [4.69, 9.17) is 5.11 Å². The zero-order valence-corrected chi connectivity index (χ0v) is 12.5. The van der Waals surface area contributed by atoms with Crippen molar-refractivity contribution in [1.82, 2.24) is 15.5 Å². The summed E-state index contributed by atoms with van der Waals surface area (Å²) in [5.41, 5.74) is 1.45. The van der Waals surface area contributed by atoms with E-state index in [-0.39, 0.29) is 6.42 Å². The molecule has 24 heavy (non-hydrogen) atoms. The third-order valence-electron chi connectivity index (χ3n) is 3.68. The number of amides is 1. The summed E-state index contributed by atoms with van der Waals surface area (Å²) in [5, 5.41) is 19.2. The quantitative estimate of drug-likeness (QED) is 0.671. The number of fused-ring (bicyclic) bond motifs is 1. The fourth-order valence-electron chi connectivity index (χ4n) is 2.52. The molecule has 0 radical (unpaired) electrons. The number of aliphatic carboxylic acids is 1. The normalized spacial score (nSPS) is 12.0. The van der Waals surface area contributed by atoms with Crippen molar-refractivity contribution in [2.45, 2.75) is 12.5 Å². The first-order chi connectivity index (χ1) is 11.5. The van der Waals surface area contributed by atoms with E-state index in [1.807, 2.05) is 6.07 Å². The molecule has 3 aromatic rings. The molecule has 1 heterocycles. The van der Waals surface area contributed by atoms with E-state index in [0.29, 0.717) is 16.6 Å². The molecule has 0 aliphatic carbocycles. The molecular formula is C17H14FN3O3. The number of hydrogen-bond donors (Lipinski definition) is 3. The molecule has 1 atom stereocenters. The number of H-pyrrole nitrogens is 1. The Balaban J connectivity index is 1.89. The number of carbonyl (C=O) groups is 2. The molecule has 1 aromatic heterocycles. The Morgan fingerprint density at radius 3 is 2.67 bits per heavy atom. The maximum Gasteiger partial charge on any atom is 0.305 e. The topological polar surface area (TPSA) is 95.1 Å². The van der Waals surface area contributed by atoms with Gasteiger partial charge in [0.05, 0.1) is 29.7 Å². The van der Waals surface area contributed by atoms with Gasteiger partial charge in [0.15, 0.2) is 0 Å². The van der Waals surface area contributed by atoms with Gasteiger partial charge in [0.1, 0.15) is 5.82 Å². The molecular weight excluding hydrogens is 313 g/mol. The van der Waals surface area contributed by atoms with Gasteiger partial charge in [-0.25, -0.2) is 4.39 Å². The van der Waals surface area contributed by atoms with Crippen LogP contribution in [0.15, 0.2) is 48.7 Å². The highest BCUT2D eigenvalue weighted by atomic mass is 19.1. The molecule has 7 heteroatoms. The SMILES string of the molecule is O=C(O)CC(NC(=O)c1cccc2cn[nH]c12)c1ccc(F)cc1. The lowest BCUT2D eigenvalue weighted by Crippen LogP contribution is -2.30. The summed E-state index contributed by atoms with van der Waals surface area (Å²) in [5.74, 6) is -1.92. The number of nitrogens with zero attached hydrogens (tertiary/aromatic N) is 1. The van der Waals surface area contributed by atoms with Crippen molar-refractivity contribution in [3.63, 3.8) is 0 Å². The van der Waals surface area contributed by atoms with Gasteiger partial charge in [-0.1, -0.05) is 24.3 Å². The predicted molar refractivity (Wildman–Crippen MR) is 85.0 cm³/mol. The molecule has 122 valence electrons. The Bertz CT molecular complexity index is 889. The van der Waals surface area contributed by atoms with Crippen LogP contribution in [0.2, 0.25) is 0 Å². The van der Waals surface area contributed by atoms with Crippen LogP contribution in [0.3, 0.4) is 0 Å². The highest BCUT2D eigenvalue weighted by Crippen LogP contribution is 2.20. The number of aromatic amines is 1. The molecule has 2 aromatic carbocycles. The fraction of sp³-hybridized carbons (Fsp3) is 0.118. The number of rotatable bonds is 5. The molecule has 0 bridgehead atoms. The molecule has 0 fully saturated rings. The van der Waals surface area contributed by atoms with Crippen LogP contribution in [0.5, 0.6) is 0 Å². The van der Waals surface area contributed by atoms with Crippen LogP contribution in [-0.2, 0) is 4.79 Å². The summed E-state index contributed by atoms with van der Waals surface area (Å²) in [6.07, 6.45) is 1.29. The summed E-state index contributed by atoms with van der Waals surface area (Å²) >= 11 is 0. The molecule has 1 unspecified atom stereocenters. The smallest absolute Gasteiger partial charge is 0.305 e. The lowest BCUT2D eigenvalue weighted by molar-refractivity contribution is -0.137. The van der Waals surface area contributed by atoms with Gasteiger partial charge in [-0.15, -0.1) is 0 Å². The Morgan fingerprint density at radius 1 is 1.21 bits per heavy atom. The van der Waals surface area contributed by atoms with E-state index in [1.165, 1.54) is 24.3 Å². The van der Waals surface area contributed by atoms with Gasteiger partial charge in [-0.2, -0.15) is 5.10 Å². The van der Waals surface area contributed by atoms with Gasteiger partial charge in [-0.05, 0) is 23.8 Å². The number of carbonyl (C=O) groups excluding carboxylic acids is 1. The van der Waals surface area contributed by atoms with Crippen molar-refractivity contribution >= 4 is 22.8 Å². The number of hydrogen-bond acceptors (Lipinski definition) is 3. The first-order valence-electron chi connectivity index (χ1n) is 7.25. The van der Waals surface area contributed by atoms with E-state index in [0.717, 1.165) is 5.39 Å². The van der Waals surface area contributed by atoms with Crippen LogP contribution in [-0.4, -0.2) is 27.2 Å². The van der Waals surface area contributed by atoms with E-state index < -0.39 is 23.7 Å². The molecule has 0 saturated carbocycles. The fourth-order valence-corrected chi connectivity index (χ4v) is 2.52. The first kappa shape index (κ1) is 15.7. The Labute approximate surface area is 136 Å². The first-order valence-corrected chi connectivity index (χ1v) is 7.25. The van der Waals surface area contributed by atoms with Gasteiger partial charge in [0.2, 0.25) is 0 Å². The number of nitrogens with one attached hydrogen (secondary N) is 2. The molecule has 0 aliphatic heterocycles. The molecule has 6 nitrogen and oxygen atoms in total. The van der Waals surface area contributed by atoms with Gasteiger partial charge in [0, 0.05) is 5.39 Å². The number of carboxylic acids is 1. The van der Waals surface area contributed by atoms with Crippen LogP contribution < -0.4 is 5.32 Å². The molecule has 3 rings (SSSR count). The third-order valence-corrected chi connectivity index (χ3v) is 3.68. The van der Waals surface area contributed by atoms with E-state index >= 15 is 0 Å². The Kier molecular flexibility index (Phi) is 4.24. The lowest BCUT2D eigenvalue weighted by atomic mass is 10.0. The zero-order chi connectivity index (χ0) is 17.1. The second kappa shape index (κ2) is 6.49. The minimum Gasteiger partial charge on any atom is -0.481 e. The summed E-state index contributed by atoms with van der Waals surface area (Å²) in [4.78, 5) is 23.7. The largest absolute Gasteiger partial charge is 0.481 e. The maximum atomic E-state index is 13.1. The lowest BCUT2D eigenvalue weighted by Gasteiger charge is -2.17. The molecule has 0 spiro atoms. The number of para-hydroxylation sites is 1. The molecule has 3 N–H and O–H groups in total. The van der Waals surface area contributed by atoms with E-state index in [9.17, 15) is 14.0 Å². The molecule has 0 saturated heterocycles. The number of aromatic nitrogens is 2. The van der Waals surface area contributed by atoms with Crippen molar-refractivity contribution in [2.75, 3.05) is 0 Å². The summed E-state index contributed by atoms with van der Waals surface area (Å²) < 4.78 is 13.1. The highest BCUT2D eigenvalue weighted by Gasteiger charge is 2.20. The van der Waals surface area contributed by atoms with Crippen molar-refractivity contribution < 1.29 is 19.1 Å². The predicted octanol–water partition coefficient (Wildman–Crippen LogP) is 2.65. The van der Waals surface area contributed by atoms with Crippen LogP contribution >= 0.6 is 0 Å². The number of carboxylic acid groups (broad SMARTS) is 1. The monoisotopic (exact) mass is 327 g/mol. The van der Waals surface area contributed by atoms with E-state index in [1.54, 1.807) is 18.3 Å². The second-order valence-corrected chi connectivity index (χ2v) is 5.32. The third kappa shape index (κ3) is 3.24. The summed E-state index contributed by atoms with van der Waals surface area (Å²) in [6, 6.07) is 9.76. The molecule has 0 aliphatic rings. The van der Waals surface area contributed by atoms with Crippen molar-refractivity contribution in [2.24, 2.45) is 0 Å². The van der Waals surface area contributed by atoms with Crippen LogP contribution in [0, 0.1) is 5.82 Å². The number of halogens is 1.